The summed E-state index contributed by atoms with van der Waals surface area (Å²) < 4.78 is 0. The summed E-state index contributed by atoms with van der Waals surface area (Å²) in [7, 11) is 0. The molecule has 2 nitrogen and oxygen atoms in total. The molecule has 2 rings (SSSR count). The van der Waals surface area contributed by atoms with Gasteiger partial charge in [-0.2, -0.15) is 0 Å². The van der Waals surface area contributed by atoms with E-state index in [4.69, 9.17) is 0 Å². The van der Waals surface area contributed by atoms with E-state index in [9.17, 15) is 5.11 Å². The van der Waals surface area contributed by atoms with Crippen molar-refractivity contribution in [1.29, 1.82) is 0 Å². The Balaban J connectivity index is 2.07. The van der Waals surface area contributed by atoms with Crippen LogP contribution in [-0.2, 0) is 0 Å². The molecule has 0 aliphatic carbocycles. The lowest BCUT2D eigenvalue weighted by molar-refractivity contribution is 0.208. The molecule has 18 heavy (non-hydrogen) atoms. The Morgan fingerprint density at radius 1 is 1.22 bits per heavy atom. The van der Waals surface area contributed by atoms with Gasteiger partial charge in [0.05, 0.1) is 0 Å². The third kappa shape index (κ3) is 3.26. The van der Waals surface area contributed by atoms with Gasteiger partial charge in [-0.05, 0) is 62.4 Å². The van der Waals surface area contributed by atoms with Crippen LogP contribution in [0, 0.1) is 5.41 Å². The SMILES string of the molecule is CC(c1cccc(O)c1)N1CCCC(C)(C)CC1. The van der Waals surface area contributed by atoms with Crippen molar-refractivity contribution in [2.75, 3.05) is 13.1 Å². The van der Waals surface area contributed by atoms with Crippen LogP contribution in [0.4, 0.5) is 0 Å². The Hall–Kier alpha value is -1.02. The third-order valence-corrected chi connectivity index (χ3v) is 4.28. The summed E-state index contributed by atoms with van der Waals surface area (Å²) in [5.74, 6) is 0.370. The fourth-order valence-corrected chi connectivity index (χ4v) is 2.83. The van der Waals surface area contributed by atoms with Crippen LogP contribution >= 0.6 is 0 Å². The molecule has 1 aromatic carbocycles. The molecule has 1 saturated heterocycles. The zero-order valence-electron chi connectivity index (χ0n) is 11.8. The Morgan fingerprint density at radius 2 is 2.00 bits per heavy atom. The fraction of sp³-hybridized carbons (Fsp3) is 0.625. The minimum Gasteiger partial charge on any atom is -0.508 e. The zero-order valence-corrected chi connectivity index (χ0v) is 11.8. The summed E-state index contributed by atoms with van der Waals surface area (Å²) in [5, 5.41) is 9.58. The van der Waals surface area contributed by atoms with Gasteiger partial charge in [-0.25, -0.2) is 0 Å². The number of hydrogen-bond acceptors (Lipinski definition) is 2. The third-order valence-electron chi connectivity index (χ3n) is 4.28. The van der Waals surface area contributed by atoms with Crippen LogP contribution in [0.25, 0.3) is 0 Å². The monoisotopic (exact) mass is 247 g/mol. The van der Waals surface area contributed by atoms with Gasteiger partial charge in [0.25, 0.3) is 0 Å². The average Bonchev–Trinajstić information content (AvgIpc) is 2.49. The number of nitrogens with zero attached hydrogens (tertiary/aromatic N) is 1. The van der Waals surface area contributed by atoms with E-state index in [0.717, 1.165) is 6.54 Å². The van der Waals surface area contributed by atoms with E-state index >= 15 is 0 Å². The number of phenolic OH excluding ortho intramolecular Hbond substituents is 1. The lowest BCUT2D eigenvalue weighted by Gasteiger charge is -2.29. The van der Waals surface area contributed by atoms with Gasteiger partial charge in [0.15, 0.2) is 0 Å². The minimum absolute atomic E-state index is 0.370. The van der Waals surface area contributed by atoms with Gasteiger partial charge in [0.2, 0.25) is 0 Å². The molecule has 0 amide bonds. The maximum atomic E-state index is 9.58. The van der Waals surface area contributed by atoms with E-state index in [1.54, 1.807) is 6.07 Å². The summed E-state index contributed by atoms with van der Waals surface area (Å²) in [6.45, 7) is 9.31. The molecule has 0 bridgehead atoms. The quantitative estimate of drug-likeness (QED) is 0.855. The molecule has 0 aromatic heterocycles. The molecule has 1 heterocycles. The van der Waals surface area contributed by atoms with Crippen molar-refractivity contribution < 1.29 is 5.11 Å². The van der Waals surface area contributed by atoms with Gasteiger partial charge in [-0.1, -0.05) is 26.0 Å². The molecule has 1 aromatic rings. The van der Waals surface area contributed by atoms with Crippen molar-refractivity contribution in [1.82, 2.24) is 4.90 Å². The van der Waals surface area contributed by atoms with Gasteiger partial charge in [-0.3, -0.25) is 4.90 Å². The van der Waals surface area contributed by atoms with E-state index in [2.05, 4.69) is 31.7 Å². The molecular formula is C16H25NO. The second kappa shape index (κ2) is 5.31. The van der Waals surface area contributed by atoms with Gasteiger partial charge in [0.1, 0.15) is 5.75 Å². The normalized spacial score (nSPS) is 22.4. The van der Waals surface area contributed by atoms with Crippen LogP contribution in [0.15, 0.2) is 24.3 Å². The molecule has 1 fully saturated rings. The highest BCUT2D eigenvalue weighted by molar-refractivity contribution is 5.29. The Labute approximate surface area is 111 Å². The van der Waals surface area contributed by atoms with Gasteiger partial charge >= 0.3 is 0 Å². The maximum absolute atomic E-state index is 9.58. The number of hydrogen-bond donors (Lipinski definition) is 1. The molecule has 1 atom stereocenters. The number of phenols is 1. The van der Waals surface area contributed by atoms with Crippen LogP contribution in [0.2, 0.25) is 0 Å². The Morgan fingerprint density at radius 3 is 2.72 bits per heavy atom. The maximum Gasteiger partial charge on any atom is 0.115 e. The van der Waals surface area contributed by atoms with Crippen molar-refractivity contribution in [3.63, 3.8) is 0 Å². The number of aromatic hydroxyl groups is 1. The molecular weight excluding hydrogens is 222 g/mol. The molecule has 2 heteroatoms. The number of benzene rings is 1. The molecule has 0 radical (unpaired) electrons. The van der Waals surface area contributed by atoms with Crippen molar-refractivity contribution in [2.45, 2.75) is 46.1 Å². The van der Waals surface area contributed by atoms with Crippen LogP contribution < -0.4 is 0 Å². The predicted molar refractivity (Wildman–Crippen MR) is 75.7 cm³/mol. The topological polar surface area (TPSA) is 23.5 Å². The molecule has 0 spiro atoms. The first-order valence-corrected chi connectivity index (χ1v) is 7.01. The molecule has 0 saturated carbocycles. The van der Waals surface area contributed by atoms with Gasteiger partial charge in [-0.15, -0.1) is 0 Å². The highest BCUT2D eigenvalue weighted by Gasteiger charge is 2.25. The molecule has 1 N–H and O–H groups in total. The van der Waals surface area contributed by atoms with Crippen molar-refractivity contribution in [3.05, 3.63) is 29.8 Å². The summed E-state index contributed by atoms with van der Waals surface area (Å²) in [6.07, 6.45) is 3.85. The summed E-state index contributed by atoms with van der Waals surface area (Å²) in [4.78, 5) is 2.55. The first-order valence-electron chi connectivity index (χ1n) is 7.01. The standard InChI is InChI=1S/C16H25NO/c1-13(14-6-4-7-15(18)12-14)17-10-5-8-16(2,3)9-11-17/h4,6-7,12-13,18H,5,8-11H2,1-3H3. The van der Waals surface area contributed by atoms with E-state index in [1.807, 2.05) is 12.1 Å². The molecule has 1 aliphatic rings. The first-order chi connectivity index (χ1) is 8.48. The second-order valence-corrected chi connectivity index (χ2v) is 6.32. The second-order valence-electron chi connectivity index (χ2n) is 6.32. The summed E-state index contributed by atoms with van der Waals surface area (Å²) in [6, 6.07) is 8.07. The van der Waals surface area contributed by atoms with Crippen LogP contribution in [0.3, 0.4) is 0 Å². The van der Waals surface area contributed by atoms with Crippen molar-refractivity contribution in [2.24, 2.45) is 5.41 Å². The average molecular weight is 247 g/mol. The van der Waals surface area contributed by atoms with Crippen molar-refractivity contribution in [3.8, 4) is 5.75 Å². The Bertz CT molecular complexity index is 400. The lowest BCUT2D eigenvalue weighted by Crippen LogP contribution is -2.28. The minimum atomic E-state index is 0.370. The van der Waals surface area contributed by atoms with Gasteiger partial charge < -0.3 is 5.11 Å². The summed E-state index contributed by atoms with van der Waals surface area (Å²) in [5.41, 5.74) is 1.70. The van der Waals surface area contributed by atoms with Crippen LogP contribution in [0.5, 0.6) is 5.75 Å². The smallest absolute Gasteiger partial charge is 0.115 e. The van der Waals surface area contributed by atoms with E-state index in [-0.39, 0.29) is 0 Å². The summed E-state index contributed by atoms with van der Waals surface area (Å²) >= 11 is 0. The zero-order chi connectivity index (χ0) is 13.2. The molecule has 1 aliphatic heterocycles. The molecule has 100 valence electrons. The molecule has 1 unspecified atom stereocenters. The van der Waals surface area contributed by atoms with E-state index in [1.165, 1.54) is 31.4 Å². The number of rotatable bonds is 2. The van der Waals surface area contributed by atoms with E-state index in [0.29, 0.717) is 17.2 Å². The lowest BCUT2D eigenvalue weighted by atomic mass is 9.85. The largest absolute Gasteiger partial charge is 0.508 e. The fourth-order valence-electron chi connectivity index (χ4n) is 2.83. The van der Waals surface area contributed by atoms with Crippen LogP contribution in [-0.4, -0.2) is 23.1 Å². The Kier molecular flexibility index (Phi) is 3.96. The highest BCUT2D eigenvalue weighted by Crippen LogP contribution is 2.33. The predicted octanol–water partition coefficient (Wildman–Crippen LogP) is 3.97. The van der Waals surface area contributed by atoms with Crippen LogP contribution in [0.1, 0.15) is 51.6 Å². The van der Waals surface area contributed by atoms with Gasteiger partial charge in [0, 0.05) is 6.04 Å². The van der Waals surface area contributed by atoms with Crippen molar-refractivity contribution >= 4 is 0 Å². The first kappa shape index (κ1) is 13.4. The number of likely N-dealkylation sites (tertiary alicyclic amines) is 1. The highest BCUT2D eigenvalue weighted by atomic mass is 16.3. The van der Waals surface area contributed by atoms with E-state index < -0.39 is 0 Å².